The lowest BCUT2D eigenvalue weighted by atomic mass is 9.81. The summed E-state index contributed by atoms with van der Waals surface area (Å²) in [4.78, 5) is 26.3. The molecule has 15 heteroatoms. The zero-order chi connectivity index (χ0) is 31.0. The van der Waals surface area contributed by atoms with Crippen LogP contribution in [0.25, 0.3) is 0 Å². The van der Waals surface area contributed by atoms with Gasteiger partial charge in [0.1, 0.15) is 12.2 Å². The second-order valence-electron chi connectivity index (χ2n) is 10.5. The molecule has 0 spiro atoms. The minimum atomic E-state index is -2.88. The van der Waals surface area contributed by atoms with Gasteiger partial charge in [-0.25, -0.2) is 4.79 Å². The summed E-state index contributed by atoms with van der Waals surface area (Å²) in [5.74, 6) is -6.84. The molecule has 3 aliphatic heterocycles. The number of aliphatic hydroxyl groups is 5. The average Bonchev–Trinajstić information content (AvgIpc) is 2.97. The number of likely N-dealkylation sites (tertiary alicyclic amines) is 1. The van der Waals surface area contributed by atoms with E-state index in [9.17, 15) is 40.2 Å². The van der Waals surface area contributed by atoms with Gasteiger partial charge in [0.05, 0.1) is 50.7 Å². The highest BCUT2D eigenvalue weighted by Crippen LogP contribution is 2.38. The maximum absolute atomic E-state index is 12.7. The topological polar surface area (TPSA) is 217 Å². The lowest BCUT2D eigenvalue weighted by Gasteiger charge is -2.47. The average molecular weight is 603 g/mol. The van der Waals surface area contributed by atoms with E-state index in [0.29, 0.717) is 26.1 Å². The van der Waals surface area contributed by atoms with E-state index in [-0.39, 0.29) is 24.8 Å². The molecule has 0 aromatic carbocycles. The van der Waals surface area contributed by atoms with Crippen LogP contribution < -0.4 is 5.32 Å². The number of nitrogens with one attached hydrogen (secondary N) is 1. The number of aliphatic carboxylic acids is 1. The summed E-state index contributed by atoms with van der Waals surface area (Å²) in [6, 6.07) is 0. The lowest BCUT2D eigenvalue weighted by Crippen LogP contribution is -2.69. The number of rotatable bonds is 13. The fourth-order valence-electron chi connectivity index (χ4n) is 5.47. The zero-order valence-electron chi connectivity index (χ0n) is 23.7. The number of piperidine rings is 1. The number of nitrogens with zero attached hydrogens (tertiary/aromatic N) is 1. The Morgan fingerprint density at radius 2 is 1.98 bits per heavy atom. The molecular weight excluding hydrogens is 560 g/mol. The molecule has 0 bridgehead atoms. The molecular formula is C27H42N2O13. The smallest absolute Gasteiger partial charge is 0.337 e. The van der Waals surface area contributed by atoms with Gasteiger partial charge in [-0.2, -0.15) is 0 Å². The Morgan fingerprint density at radius 1 is 1.24 bits per heavy atom. The SMILES string of the molecule is C=C[C@H]1[C@@H](O[C@@H]2O[C@H](CO)[C@@H](O)C(O)(O)[C@@H]2OCNC)OC=C(C(=O)OC)[C@H]1C=CC1CC(C(=O)O)CN(CCO)C1. The predicted octanol–water partition coefficient (Wildman–Crippen LogP) is -2.27. The first-order valence-corrected chi connectivity index (χ1v) is 13.6. The Bertz CT molecular complexity index is 989. The summed E-state index contributed by atoms with van der Waals surface area (Å²) in [5.41, 5.74) is 0.131. The minimum Gasteiger partial charge on any atom is -0.481 e. The van der Waals surface area contributed by atoms with Gasteiger partial charge in [0, 0.05) is 25.6 Å². The highest BCUT2D eigenvalue weighted by molar-refractivity contribution is 5.89. The van der Waals surface area contributed by atoms with Crippen molar-refractivity contribution in [3.05, 3.63) is 36.6 Å². The molecule has 0 aromatic heterocycles. The van der Waals surface area contributed by atoms with Crippen LogP contribution in [0.4, 0.5) is 0 Å². The zero-order valence-corrected chi connectivity index (χ0v) is 23.7. The van der Waals surface area contributed by atoms with Gasteiger partial charge in [-0.05, 0) is 19.4 Å². The maximum Gasteiger partial charge on any atom is 0.337 e. The molecule has 0 saturated carbocycles. The van der Waals surface area contributed by atoms with E-state index in [4.69, 9.17) is 23.7 Å². The molecule has 7 N–H and O–H groups in total. The summed E-state index contributed by atoms with van der Waals surface area (Å²) < 4.78 is 27.7. The normalized spacial score (nSPS) is 35.3. The fourth-order valence-corrected chi connectivity index (χ4v) is 5.47. The largest absolute Gasteiger partial charge is 0.481 e. The summed E-state index contributed by atoms with van der Waals surface area (Å²) in [6.07, 6.45) is -1.27. The van der Waals surface area contributed by atoms with E-state index in [0.717, 1.165) is 6.26 Å². The summed E-state index contributed by atoms with van der Waals surface area (Å²) >= 11 is 0. The molecule has 3 aliphatic rings. The number of esters is 1. The molecule has 15 nitrogen and oxygen atoms in total. The molecule has 2 unspecified atom stereocenters. The number of ether oxygens (including phenoxy) is 5. The van der Waals surface area contributed by atoms with Crippen molar-refractivity contribution in [1.29, 1.82) is 0 Å². The van der Waals surface area contributed by atoms with Crippen molar-refractivity contribution in [2.45, 2.75) is 43.1 Å². The van der Waals surface area contributed by atoms with Gasteiger partial charge in [-0.3, -0.25) is 15.0 Å². The molecule has 42 heavy (non-hydrogen) atoms. The molecule has 0 amide bonds. The Hall–Kier alpha value is -2.44. The van der Waals surface area contributed by atoms with Crippen LogP contribution in [0.5, 0.6) is 0 Å². The lowest BCUT2D eigenvalue weighted by molar-refractivity contribution is -0.410. The van der Waals surface area contributed by atoms with Gasteiger partial charge in [0.2, 0.25) is 12.1 Å². The van der Waals surface area contributed by atoms with Crippen LogP contribution in [0.2, 0.25) is 0 Å². The third kappa shape index (κ3) is 7.74. The quantitative estimate of drug-likeness (QED) is 0.0672. The van der Waals surface area contributed by atoms with Crippen molar-refractivity contribution in [3.63, 3.8) is 0 Å². The molecule has 0 radical (unpaired) electrons. The van der Waals surface area contributed by atoms with Gasteiger partial charge in [0.15, 0.2) is 12.4 Å². The monoisotopic (exact) mass is 602 g/mol. The van der Waals surface area contributed by atoms with E-state index in [1.165, 1.54) is 13.2 Å². The van der Waals surface area contributed by atoms with E-state index in [2.05, 4.69) is 11.9 Å². The van der Waals surface area contributed by atoms with E-state index in [1.54, 1.807) is 19.2 Å². The van der Waals surface area contributed by atoms with Crippen LogP contribution in [0.3, 0.4) is 0 Å². The number of β-amino-alcohol motifs (C(OH)–C–C–N with tert-alkyl or cyclic N) is 1. The van der Waals surface area contributed by atoms with Gasteiger partial charge < -0.3 is 54.3 Å². The molecule has 238 valence electrons. The molecule has 2 saturated heterocycles. The van der Waals surface area contributed by atoms with Gasteiger partial charge in [-0.15, -0.1) is 6.58 Å². The first kappa shape index (κ1) is 34.1. The second kappa shape index (κ2) is 15.3. The highest BCUT2D eigenvalue weighted by atomic mass is 16.8. The van der Waals surface area contributed by atoms with Crippen LogP contribution in [-0.4, -0.2) is 138 Å². The van der Waals surface area contributed by atoms with E-state index >= 15 is 0 Å². The van der Waals surface area contributed by atoms with Gasteiger partial charge >= 0.3 is 11.9 Å². The molecule has 2 fully saturated rings. The first-order valence-electron chi connectivity index (χ1n) is 13.6. The molecule has 9 atom stereocenters. The van der Waals surface area contributed by atoms with Crippen LogP contribution in [0.1, 0.15) is 6.42 Å². The van der Waals surface area contributed by atoms with Crippen LogP contribution >= 0.6 is 0 Å². The van der Waals surface area contributed by atoms with Crippen molar-refractivity contribution >= 4 is 11.9 Å². The number of carbonyl (C=O) groups excluding carboxylic acids is 1. The van der Waals surface area contributed by atoms with E-state index < -0.39 is 73.0 Å². The summed E-state index contributed by atoms with van der Waals surface area (Å²) in [7, 11) is 2.76. The Balaban J connectivity index is 1.90. The van der Waals surface area contributed by atoms with Crippen molar-refractivity contribution in [3.8, 4) is 0 Å². The number of methoxy groups -OCH3 is 1. The number of carbonyl (C=O) groups is 2. The number of aliphatic hydroxyl groups excluding tert-OH is 3. The number of carboxylic acids is 1. The van der Waals surface area contributed by atoms with Crippen molar-refractivity contribution in [1.82, 2.24) is 10.2 Å². The predicted molar refractivity (Wildman–Crippen MR) is 143 cm³/mol. The molecule has 3 heterocycles. The number of hydrogen-bond donors (Lipinski definition) is 7. The Morgan fingerprint density at radius 3 is 2.57 bits per heavy atom. The molecule has 0 aliphatic carbocycles. The standard InChI is InChI=1S/C27H42N2O13/c1-4-17-18(6-5-15-9-16(23(33)34)11-29(10-15)7-8-30)19(24(35)38-3)13-39-25(17)42-26-22(40-14-28-2)27(36,37)21(32)20(12-31)41-26/h4-6,13,15-18,20-22,25-26,28,30-32,36-37H,1,7-12,14H2,2-3H3,(H,33,34)/t15?,16?,17-,18+,20-,21-,22-,25-,26+/m1/s1. The van der Waals surface area contributed by atoms with E-state index in [1.807, 2.05) is 4.90 Å². The minimum absolute atomic E-state index is 0.116. The number of allylic oxidation sites excluding steroid dienone is 1. The number of carboxylic acid groups (broad SMARTS) is 1. The maximum atomic E-state index is 12.7. The van der Waals surface area contributed by atoms with Gasteiger partial charge in [-0.1, -0.05) is 18.2 Å². The second-order valence-corrected chi connectivity index (χ2v) is 10.5. The molecule has 3 rings (SSSR count). The van der Waals surface area contributed by atoms with Gasteiger partial charge in [0.25, 0.3) is 0 Å². The summed E-state index contributed by atoms with van der Waals surface area (Å²) in [5, 5.41) is 63.0. The van der Waals surface area contributed by atoms with Crippen molar-refractivity contribution in [2.75, 3.05) is 53.7 Å². The third-order valence-corrected chi connectivity index (χ3v) is 7.64. The fraction of sp³-hybridized carbons (Fsp3) is 0.704. The highest BCUT2D eigenvalue weighted by Gasteiger charge is 2.57. The Kier molecular flexibility index (Phi) is 12.4. The molecule has 0 aromatic rings. The summed E-state index contributed by atoms with van der Waals surface area (Å²) in [6.45, 7) is 3.94. The van der Waals surface area contributed by atoms with Crippen molar-refractivity contribution in [2.24, 2.45) is 23.7 Å². The number of hydrogen-bond acceptors (Lipinski definition) is 14. The Labute approximate surface area is 243 Å². The van der Waals surface area contributed by atoms with Crippen molar-refractivity contribution < 1.29 is 63.9 Å². The first-order chi connectivity index (χ1) is 20.0. The van der Waals surface area contributed by atoms with Crippen LogP contribution in [0.15, 0.2) is 36.6 Å². The van der Waals surface area contributed by atoms with Crippen LogP contribution in [-0.2, 0) is 33.3 Å². The van der Waals surface area contributed by atoms with Crippen LogP contribution in [0, 0.1) is 23.7 Å². The third-order valence-electron chi connectivity index (χ3n) is 7.64.